The largest absolute Gasteiger partial charge is 0.394 e. The molecule has 0 aliphatic heterocycles. The first-order chi connectivity index (χ1) is 15.6. The Morgan fingerprint density at radius 3 is 1.53 bits per heavy atom. The summed E-state index contributed by atoms with van der Waals surface area (Å²) in [6, 6.07) is 0. The minimum absolute atomic E-state index is 0.268. The van der Waals surface area contributed by atoms with Gasteiger partial charge in [-0.1, -0.05) is 121 Å². The van der Waals surface area contributed by atoms with E-state index in [0.29, 0.717) is 6.42 Å². The van der Waals surface area contributed by atoms with E-state index in [1.807, 2.05) is 10.9 Å². The maximum absolute atomic E-state index is 9.29. The monoisotopic (exact) mass is 452 g/mol. The highest BCUT2D eigenvalue weighted by Crippen LogP contribution is 2.14. The molecule has 0 amide bonds. The highest BCUT2D eigenvalue weighted by atomic mass is 16.3. The number of aromatic nitrogens is 3. The van der Waals surface area contributed by atoms with Gasteiger partial charge in [0.1, 0.15) is 0 Å². The summed E-state index contributed by atoms with van der Waals surface area (Å²) < 4.78 is 1.84. The van der Waals surface area contributed by atoms with Crippen molar-refractivity contribution in [1.29, 1.82) is 0 Å². The molecule has 0 atom stereocenters. The van der Waals surface area contributed by atoms with E-state index in [9.17, 15) is 10.2 Å². The van der Waals surface area contributed by atoms with Crippen LogP contribution in [0.2, 0.25) is 0 Å². The average molecular weight is 453 g/mol. The number of hydrogen-bond acceptors (Lipinski definition) is 5. The highest BCUT2D eigenvalue weighted by Gasteiger charge is 2.25. The van der Waals surface area contributed by atoms with Crippen LogP contribution in [-0.4, -0.2) is 44.0 Å². The van der Waals surface area contributed by atoms with Crippen molar-refractivity contribution in [2.45, 2.75) is 141 Å². The lowest BCUT2D eigenvalue weighted by Crippen LogP contribution is -2.49. The van der Waals surface area contributed by atoms with E-state index >= 15 is 0 Å². The Hall–Kier alpha value is -0.980. The quantitative estimate of drug-likeness (QED) is 0.189. The van der Waals surface area contributed by atoms with Crippen molar-refractivity contribution < 1.29 is 10.2 Å². The molecular weight excluding hydrogens is 400 g/mol. The van der Waals surface area contributed by atoms with Gasteiger partial charge in [0.25, 0.3) is 0 Å². The van der Waals surface area contributed by atoms with Crippen LogP contribution in [0.4, 0.5) is 0 Å². The fourth-order valence-corrected chi connectivity index (χ4v) is 4.23. The van der Waals surface area contributed by atoms with Crippen molar-refractivity contribution in [2.75, 3.05) is 13.2 Å². The SMILES string of the molecule is CCCCCCCCCCCCCCCCCCCCn1cc(CC(N)(CO)CO)nn1. The van der Waals surface area contributed by atoms with E-state index in [0.717, 1.165) is 18.7 Å². The number of aliphatic hydroxyl groups is 2. The van der Waals surface area contributed by atoms with Gasteiger partial charge in [-0.25, -0.2) is 0 Å². The van der Waals surface area contributed by atoms with E-state index in [2.05, 4.69) is 17.2 Å². The van der Waals surface area contributed by atoms with Crippen LogP contribution in [-0.2, 0) is 13.0 Å². The van der Waals surface area contributed by atoms with Crippen LogP contribution in [0.15, 0.2) is 6.20 Å². The van der Waals surface area contributed by atoms with Gasteiger partial charge in [-0.05, 0) is 6.42 Å². The molecule has 0 fully saturated rings. The lowest BCUT2D eigenvalue weighted by molar-refractivity contribution is 0.120. The number of nitrogens with two attached hydrogens (primary N) is 1. The number of rotatable bonds is 23. The zero-order chi connectivity index (χ0) is 23.3. The van der Waals surface area contributed by atoms with Gasteiger partial charge in [-0.3, -0.25) is 4.68 Å². The van der Waals surface area contributed by atoms with Gasteiger partial charge >= 0.3 is 0 Å². The first-order valence-corrected chi connectivity index (χ1v) is 13.5. The molecule has 4 N–H and O–H groups in total. The Kier molecular flexibility index (Phi) is 17.7. The summed E-state index contributed by atoms with van der Waals surface area (Å²) in [5, 5.41) is 26.8. The maximum Gasteiger partial charge on any atom is 0.0847 e. The van der Waals surface area contributed by atoms with Crippen LogP contribution in [0.3, 0.4) is 0 Å². The van der Waals surface area contributed by atoms with Crippen LogP contribution < -0.4 is 5.73 Å². The lowest BCUT2D eigenvalue weighted by Gasteiger charge is -2.22. The Morgan fingerprint density at radius 2 is 1.12 bits per heavy atom. The minimum Gasteiger partial charge on any atom is -0.394 e. The van der Waals surface area contributed by atoms with E-state index in [-0.39, 0.29) is 13.2 Å². The zero-order valence-electron chi connectivity index (χ0n) is 20.9. The molecule has 0 saturated carbocycles. The van der Waals surface area contributed by atoms with Gasteiger partial charge in [0.05, 0.1) is 24.4 Å². The second-order valence-corrected chi connectivity index (χ2v) is 9.84. The number of aliphatic hydroxyl groups excluding tert-OH is 2. The summed E-state index contributed by atoms with van der Waals surface area (Å²) in [6.07, 6.45) is 27.0. The van der Waals surface area contributed by atoms with Gasteiger partial charge in [0, 0.05) is 19.2 Å². The second-order valence-electron chi connectivity index (χ2n) is 9.84. The molecule has 0 spiro atoms. The number of aryl methyl sites for hydroxylation is 1. The summed E-state index contributed by atoms with van der Waals surface area (Å²) in [5.74, 6) is 0. The van der Waals surface area contributed by atoms with E-state index < -0.39 is 5.54 Å². The molecule has 0 aliphatic rings. The van der Waals surface area contributed by atoms with Crippen molar-refractivity contribution in [3.8, 4) is 0 Å². The Morgan fingerprint density at radius 1 is 0.719 bits per heavy atom. The molecule has 0 unspecified atom stereocenters. The zero-order valence-corrected chi connectivity index (χ0v) is 20.9. The Balaban J connectivity index is 1.85. The second kappa shape index (κ2) is 19.5. The molecule has 6 nitrogen and oxygen atoms in total. The number of unbranched alkanes of at least 4 members (excludes halogenated alkanes) is 17. The summed E-state index contributed by atoms with van der Waals surface area (Å²) in [7, 11) is 0. The smallest absolute Gasteiger partial charge is 0.0847 e. The maximum atomic E-state index is 9.29. The molecule has 0 aromatic carbocycles. The Bertz CT molecular complexity index is 532. The van der Waals surface area contributed by atoms with Crippen LogP contribution in [0.5, 0.6) is 0 Å². The molecule has 32 heavy (non-hydrogen) atoms. The fourth-order valence-electron chi connectivity index (χ4n) is 4.23. The van der Waals surface area contributed by atoms with Crippen LogP contribution in [0, 0.1) is 0 Å². The van der Waals surface area contributed by atoms with Crippen LogP contribution in [0.1, 0.15) is 128 Å². The molecule has 1 rings (SSSR count). The molecule has 0 radical (unpaired) electrons. The summed E-state index contributed by atoms with van der Waals surface area (Å²) in [4.78, 5) is 0. The van der Waals surface area contributed by atoms with Crippen molar-refractivity contribution >= 4 is 0 Å². The molecule has 1 heterocycles. The average Bonchev–Trinajstić information content (AvgIpc) is 3.25. The number of hydrogen-bond donors (Lipinski definition) is 3. The van der Waals surface area contributed by atoms with Gasteiger partial charge in [0.15, 0.2) is 0 Å². The third-order valence-electron chi connectivity index (χ3n) is 6.49. The lowest BCUT2D eigenvalue weighted by atomic mass is 9.97. The molecule has 1 aromatic heterocycles. The molecule has 188 valence electrons. The molecular formula is C26H52N4O2. The van der Waals surface area contributed by atoms with E-state index in [1.54, 1.807) is 0 Å². The Labute approximate surface area is 197 Å². The topological polar surface area (TPSA) is 97.2 Å². The predicted molar refractivity (Wildman–Crippen MR) is 134 cm³/mol. The summed E-state index contributed by atoms with van der Waals surface area (Å²) in [5.41, 5.74) is 5.61. The highest BCUT2D eigenvalue weighted by molar-refractivity contribution is 5.01. The van der Waals surface area contributed by atoms with Gasteiger partial charge in [-0.2, -0.15) is 0 Å². The molecule has 1 aromatic rings. The van der Waals surface area contributed by atoms with Crippen LogP contribution in [0.25, 0.3) is 0 Å². The fraction of sp³-hybridized carbons (Fsp3) is 0.923. The predicted octanol–water partition coefficient (Wildman–Crippen LogP) is 5.54. The third kappa shape index (κ3) is 15.0. The van der Waals surface area contributed by atoms with Crippen molar-refractivity contribution in [3.63, 3.8) is 0 Å². The molecule has 0 saturated heterocycles. The minimum atomic E-state index is -1.02. The van der Waals surface area contributed by atoms with Crippen molar-refractivity contribution in [2.24, 2.45) is 5.73 Å². The first-order valence-electron chi connectivity index (χ1n) is 13.5. The van der Waals surface area contributed by atoms with Gasteiger partial charge in [0.2, 0.25) is 0 Å². The molecule has 6 heteroatoms. The summed E-state index contributed by atoms with van der Waals surface area (Å²) >= 11 is 0. The van der Waals surface area contributed by atoms with E-state index in [4.69, 9.17) is 5.73 Å². The van der Waals surface area contributed by atoms with Crippen molar-refractivity contribution in [1.82, 2.24) is 15.0 Å². The summed E-state index contributed by atoms with van der Waals surface area (Å²) in [6.45, 7) is 2.61. The van der Waals surface area contributed by atoms with Gasteiger partial charge in [-0.15, -0.1) is 5.10 Å². The number of nitrogens with zero attached hydrogens (tertiary/aromatic N) is 3. The molecule has 0 bridgehead atoms. The standard InChI is InChI=1S/C26H52N4O2/c1-2-3-4-5-6-7-8-9-10-11-12-13-14-15-16-17-18-19-20-30-22-25(28-29-30)21-26(27,23-31)24-32/h22,31-32H,2-21,23-24,27H2,1H3. The first kappa shape index (κ1) is 29.1. The third-order valence-corrected chi connectivity index (χ3v) is 6.49. The molecule has 0 aliphatic carbocycles. The van der Waals surface area contributed by atoms with Crippen LogP contribution >= 0.6 is 0 Å². The van der Waals surface area contributed by atoms with Gasteiger partial charge < -0.3 is 15.9 Å². The van der Waals surface area contributed by atoms with Crippen molar-refractivity contribution in [3.05, 3.63) is 11.9 Å². The normalized spacial score (nSPS) is 12.0. The van der Waals surface area contributed by atoms with E-state index in [1.165, 1.54) is 109 Å².